The number of benzene rings is 2. The molecule has 2 N–H and O–H groups in total. The highest BCUT2D eigenvalue weighted by Gasteiger charge is 2.60. The molecule has 0 saturated carbocycles. The Hall–Kier alpha value is -4.16. The molecule has 0 saturated heterocycles. The molecule has 1 spiro atoms. The molecule has 13 heteroatoms. The van der Waals surface area contributed by atoms with Crippen molar-refractivity contribution >= 4 is 28.9 Å². The molecule has 2 aliphatic rings. The fourth-order valence-electron chi connectivity index (χ4n) is 4.88. The van der Waals surface area contributed by atoms with Gasteiger partial charge < -0.3 is 29.4 Å². The molecule has 1 aliphatic carbocycles. The van der Waals surface area contributed by atoms with Crippen LogP contribution in [0.3, 0.4) is 0 Å². The van der Waals surface area contributed by atoms with E-state index in [4.69, 9.17) is 35.7 Å². The maximum atomic E-state index is 13.7. The number of nitrogens with zero attached hydrogens (tertiary/aromatic N) is 4. The van der Waals surface area contributed by atoms with Crippen LogP contribution < -0.4 is 24.3 Å². The van der Waals surface area contributed by atoms with Crippen LogP contribution in [0.15, 0.2) is 36.0 Å². The van der Waals surface area contributed by atoms with E-state index in [1.54, 1.807) is 25.1 Å². The number of carbonyl (C=O) groups excluding carboxylic acids is 2. The number of carbonyl (C=O) groups is 2. The SMILES string of the molecule is COc1ccc(-c2nnn(CCO)n2)cc1NC1=CC(=O)C2(Oc3c(Cl)c(OC)cc(OC)c3C2=O)C(C)C1. The van der Waals surface area contributed by atoms with Crippen molar-refractivity contribution in [3.63, 3.8) is 0 Å². The number of halogens is 1. The minimum Gasteiger partial charge on any atom is -0.496 e. The summed E-state index contributed by atoms with van der Waals surface area (Å²) in [6, 6.07) is 6.78. The number of aromatic nitrogens is 4. The first-order valence-electron chi connectivity index (χ1n) is 12.0. The molecule has 5 rings (SSSR count). The van der Waals surface area contributed by atoms with Crippen molar-refractivity contribution in [2.45, 2.75) is 25.5 Å². The van der Waals surface area contributed by atoms with E-state index in [-0.39, 0.29) is 41.0 Å². The summed E-state index contributed by atoms with van der Waals surface area (Å²) in [5.74, 6) is -0.159. The second-order valence-corrected chi connectivity index (χ2v) is 9.46. The summed E-state index contributed by atoms with van der Waals surface area (Å²) in [5, 5.41) is 24.7. The van der Waals surface area contributed by atoms with E-state index in [2.05, 4.69) is 20.7 Å². The Morgan fingerprint density at radius 1 is 1.15 bits per heavy atom. The van der Waals surface area contributed by atoms with Gasteiger partial charge in [0.05, 0.1) is 40.2 Å². The fraction of sp³-hybridized carbons (Fsp3) is 0.346. The number of hydrogen-bond acceptors (Lipinski definition) is 11. The number of fused-ring (bicyclic) bond motifs is 1. The van der Waals surface area contributed by atoms with Crippen molar-refractivity contribution in [3.8, 4) is 34.4 Å². The highest BCUT2D eigenvalue weighted by Crippen LogP contribution is 2.53. The number of Topliss-reactive ketones (excluding diaryl/α,β-unsaturated/α-hetero) is 1. The van der Waals surface area contributed by atoms with Crippen LogP contribution in [0, 0.1) is 5.92 Å². The number of tetrazole rings is 1. The number of nitrogens with one attached hydrogen (secondary N) is 1. The third-order valence-electron chi connectivity index (χ3n) is 6.82. The number of aliphatic hydroxyl groups excluding tert-OH is 1. The number of anilines is 1. The van der Waals surface area contributed by atoms with E-state index < -0.39 is 23.1 Å². The Morgan fingerprint density at radius 2 is 1.90 bits per heavy atom. The van der Waals surface area contributed by atoms with E-state index in [0.717, 1.165) is 0 Å². The van der Waals surface area contributed by atoms with Gasteiger partial charge in [0.2, 0.25) is 23.0 Å². The van der Waals surface area contributed by atoms with Crippen molar-refractivity contribution in [2.24, 2.45) is 5.92 Å². The molecule has 0 radical (unpaired) electrons. The molecular formula is C26H26ClN5O7. The molecule has 12 nitrogen and oxygen atoms in total. The van der Waals surface area contributed by atoms with Crippen LogP contribution >= 0.6 is 11.6 Å². The number of ether oxygens (including phenoxy) is 4. The highest BCUT2D eigenvalue weighted by molar-refractivity contribution is 6.36. The van der Waals surface area contributed by atoms with Gasteiger partial charge in [0.25, 0.3) is 0 Å². The molecule has 1 aliphatic heterocycles. The summed E-state index contributed by atoms with van der Waals surface area (Å²) in [6.07, 6.45) is 1.67. The molecular weight excluding hydrogens is 530 g/mol. The van der Waals surface area contributed by atoms with Gasteiger partial charge in [0.1, 0.15) is 27.8 Å². The summed E-state index contributed by atoms with van der Waals surface area (Å²) < 4.78 is 22.3. The first kappa shape index (κ1) is 26.4. The lowest BCUT2D eigenvalue weighted by Crippen LogP contribution is -2.55. The number of aliphatic hydroxyl groups is 1. The first-order chi connectivity index (χ1) is 18.8. The average Bonchev–Trinajstić information content (AvgIpc) is 3.52. The van der Waals surface area contributed by atoms with Gasteiger partial charge in [-0.2, -0.15) is 4.80 Å². The largest absolute Gasteiger partial charge is 0.496 e. The molecule has 0 bridgehead atoms. The zero-order valence-electron chi connectivity index (χ0n) is 21.6. The minimum atomic E-state index is -1.78. The topological polar surface area (TPSA) is 147 Å². The van der Waals surface area contributed by atoms with Gasteiger partial charge in [-0.15, -0.1) is 10.2 Å². The lowest BCUT2D eigenvalue weighted by atomic mass is 9.74. The molecule has 39 heavy (non-hydrogen) atoms. The molecule has 1 aromatic heterocycles. The van der Waals surface area contributed by atoms with Crippen LogP contribution in [-0.2, 0) is 11.3 Å². The second-order valence-electron chi connectivity index (χ2n) is 9.08. The molecule has 3 aromatic rings. The molecule has 204 valence electrons. The van der Waals surface area contributed by atoms with Crippen molar-refractivity contribution in [2.75, 3.05) is 33.3 Å². The van der Waals surface area contributed by atoms with Gasteiger partial charge in [-0.05, 0) is 29.8 Å². The fourth-order valence-corrected chi connectivity index (χ4v) is 5.14. The Bertz CT molecular complexity index is 1500. The maximum absolute atomic E-state index is 13.7. The molecule has 2 unspecified atom stereocenters. The van der Waals surface area contributed by atoms with E-state index in [1.165, 1.54) is 38.3 Å². The zero-order valence-corrected chi connectivity index (χ0v) is 22.4. The van der Waals surface area contributed by atoms with Gasteiger partial charge in [-0.1, -0.05) is 18.5 Å². The third-order valence-corrected chi connectivity index (χ3v) is 7.17. The van der Waals surface area contributed by atoms with Crippen molar-refractivity contribution in [1.29, 1.82) is 0 Å². The maximum Gasteiger partial charge on any atom is 0.236 e. The van der Waals surface area contributed by atoms with Crippen LogP contribution in [0.5, 0.6) is 23.0 Å². The van der Waals surface area contributed by atoms with Crippen LogP contribution in [-0.4, -0.2) is 70.4 Å². The van der Waals surface area contributed by atoms with Crippen LogP contribution in [0.4, 0.5) is 5.69 Å². The molecule has 2 atom stereocenters. The number of methoxy groups -OCH3 is 3. The number of hydrogen-bond donors (Lipinski definition) is 2. The van der Waals surface area contributed by atoms with E-state index >= 15 is 0 Å². The molecule has 0 amide bonds. The van der Waals surface area contributed by atoms with Crippen LogP contribution in [0.1, 0.15) is 23.7 Å². The quantitative estimate of drug-likeness (QED) is 0.395. The number of allylic oxidation sites excluding steroid dienone is 1. The van der Waals surface area contributed by atoms with Crippen molar-refractivity contribution in [1.82, 2.24) is 20.2 Å². The van der Waals surface area contributed by atoms with E-state index in [0.29, 0.717) is 34.9 Å². The zero-order chi connectivity index (χ0) is 27.9. The average molecular weight is 556 g/mol. The van der Waals surface area contributed by atoms with Gasteiger partial charge in [0.15, 0.2) is 5.75 Å². The van der Waals surface area contributed by atoms with Gasteiger partial charge in [-0.25, -0.2) is 0 Å². The molecule has 2 aromatic carbocycles. The standard InChI is InChI=1S/C26H26ClN5O7/c1-13-9-15(28-16-10-14(5-6-17(16)36-2)25-29-31-32(30-25)7-8-33)11-20(34)26(13)24(35)21-18(37-3)12-19(38-4)22(27)23(21)39-26/h5-6,10-13,28,33H,7-9H2,1-4H3. The first-order valence-corrected chi connectivity index (χ1v) is 12.4. The predicted molar refractivity (Wildman–Crippen MR) is 140 cm³/mol. The Labute approximate surface area is 228 Å². The van der Waals surface area contributed by atoms with Crippen LogP contribution in [0.25, 0.3) is 11.4 Å². The van der Waals surface area contributed by atoms with Gasteiger partial charge >= 0.3 is 0 Å². The normalized spacial score (nSPS) is 19.9. The summed E-state index contributed by atoms with van der Waals surface area (Å²) in [7, 11) is 4.38. The van der Waals surface area contributed by atoms with E-state index in [9.17, 15) is 9.59 Å². The summed E-state index contributed by atoms with van der Waals surface area (Å²) in [6.45, 7) is 1.87. The minimum absolute atomic E-state index is 0.0685. The number of ketones is 2. The molecule has 0 fully saturated rings. The highest BCUT2D eigenvalue weighted by atomic mass is 35.5. The Balaban J connectivity index is 1.47. The summed E-state index contributed by atoms with van der Waals surface area (Å²) >= 11 is 6.46. The third kappa shape index (κ3) is 4.25. The van der Waals surface area contributed by atoms with Gasteiger partial charge in [0, 0.05) is 29.3 Å². The lowest BCUT2D eigenvalue weighted by molar-refractivity contribution is -0.129. The lowest BCUT2D eigenvalue weighted by Gasteiger charge is -2.35. The Morgan fingerprint density at radius 3 is 2.56 bits per heavy atom. The van der Waals surface area contributed by atoms with Gasteiger partial charge in [-0.3, -0.25) is 9.59 Å². The van der Waals surface area contributed by atoms with E-state index in [1.807, 2.05) is 0 Å². The molecule has 2 heterocycles. The smallest absolute Gasteiger partial charge is 0.236 e. The predicted octanol–water partition coefficient (Wildman–Crippen LogP) is 2.93. The summed E-state index contributed by atoms with van der Waals surface area (Å²) in [5.41, 5.74) is 0.109. The Kier molecular flexibility index (Phi) is 6.91. The second kappa shape index (κ2) is 10.2. The van der Waals surface area contributed by atoms with Crippen molar-refractivity contribution < 1.29 is 33.6 Å². The number of rotatable bonds is 8. The van der Waals surface area contributed by atoms with Crippen molar-refractivity contribution in [3.05, 3.63) is 46.6 Å². The monoisotopic (exact) mass is 555 g/mol. The van der Waals surface area contributed by atoms with Crippen LogP contribution in [0.2, 0.25) is 5.02 Å². The summed E-state index contributed by atoms with van der Waals surface area (Å²) in [4.78, 5) is 28.6.